The summed E-state index contributed by atoms with van der Waals surface area (Å²) >= 11 is 0.290. The fourth-order valence-electron chi connectivity index (χ4n) is 3.75. The Morgan fingerprint density at radius 3 is 1.61 bits per heavy atom. The predicted molar refractivity (Wildman–Crippen MR) is 176 cm³/mol. The van der Waals surface area contributed by atoms with Crippen molar-refractivity contribution in [2.75, 3.05) is 26.7 Å². The van der Waals surface area contributed by atoms with Gasteiger partial charge in [-0.3, -0.25) is 13.8 Å². The molecule has 16 heteroatoms. The van der Waals surface area contributed by atoms with Crippen LogP contribution in [0.25, 0.3) is 0 Å². The Bertz CT molecular complexity index is 1910. The molecule has 0 aliphatic heterocycles. The van der Waals surface area contributed by atoms with Gasteiger partial charge in [0.05, 0.1) is 43.3 Å². The van der Waals surface area contributed by atoms with Gasteiger partial charge in [-0.05, 0) is 76.4 Å². The molecule has 0 radical (unpaired) electrons. The van der Waals surface area contributed by atoms with Crippen LogP contribution in [0.5, 0.6) is 0 Å². The van der Waals surface area contributed by atoms with Crippen LogP contribution < -0.4 is 40.7 Å². The number of rotatable bonds is 7. The summed E-state index contributed by atoms with van der Waals surface area (Å²) < 4.78 is 55.1. The second-order valence-corrected chi connectivity index (χ2v) is 13.1. The smallest absolute Gasteiger partial charge is 0.773 e. The molecule has 4 aromatic rings. The molecule has 46 heavy (non-hydrogen) atoms. The second kappa shape index (κ2) is 19.7. The summed E-state index contributed by atoms with van der Waals surface area (Å²) in [7, 11) is -0.978. The minimum atomic E-state index is -3.55. The number of aromatic nitrogens is 2. The third-order valence-electron chi connectivity index (χ3n) is 5.84. The van der Waals surface area contributed by atoms with Crippen molar-refractivity contribution >= 4 is 55.4 Å². The molecule has 1 unspecified atom stereocenters. The Hall–Kier alpha value is -2.93. The Morgan fingerprint density at radius 1 is 0.804 bits per heavy atom. The summed E-state index contributed by atoms with van der Waals surface area (Å²) in [5.74, 6) is -0.977. The van der Waals surface area contributed by atoms with E-state index in [9.17, 15) is 27.6 Å². The monoisotopic (exact) mass is 792 g/mol. The minimum Gasteiger partial charge on any atom is -0.773 e. The van der Waals surface area contributed by atoms with Crippen molar-refractivity contribution in [3.05, 3.63) is 132 Å². The molecule has 0 fully saturated rings. The molecule has 2 aromatic heterocycles. The molecule has 0 bridgehead atoms. The van der Waals surface area contributed by atoms with Gasteiger partial charge < -0.3 is 23.2 Å². The van der Waals surface area contributed by atoms with Crippen molar-refractivity contribution in [1.82, 2.24) is 9.13 Å². The van der Waals surface area contributed by atoms with Gasteiger partial charge in [-0.25, -0.2) is 18.0 Å². The molecule has 0 spiro atoms. The van der Waals surface area contributed by atoms with Crippen molar-refractivity contribution in [1.29, 1.82) is 0 Å². The maximum atomic E-state index is 12.0. The van der Waals surface area contributed by atoms with Crippen molar-refractivity contribution < 1.29 is 65.8 Å². The molecule has 2 aromatic carbocycles. The first-order valence-corrected chi connectivity index (χ1v) is 17.2. The third kappa shape index (κ3) is 13.1. The van der Waals surface area contributed by atoms with Gasteiger partial charge in [0.1, 0.15) is 0 Å². The fraction of sp³-hybridized carbons (Fsp3) is 0.200. The molecule has 12 nitrogen and oxygen atoms in total. The summed E-state index contributed by atoms with van der Waals surface area (Å²) in [5, 5.41) is 0. The zero-order chi connectivity index (χ0) is 33.7. The number of pyridine rings is 2. The molecule has 0 N–H and O–H groups in total. The molecular weight excluding hydrogens is 762 g/mol. The molecule has 0 aliphatic carbocycles. The van der Waals surface area contributed by atoms with Crippen LogP contribution in [0, 0.1) is 3.57 Å². The van der Waals surface area contributed by atoms with Gasteiger partial charge in [0, 0.05) is 34.4 Å². The first kappa shape index (κ1) is 41.1. The Kier molecular flexibility index (Phi) is 17.6. The SMILES string of the molecule is COC(=O)c1ccc(Cn2ccccc2=O)c(I)c1.COC(=O)c1ccc(Cn2ccccc2=O)c(S(C)(=O)=O)c1.CS(=O)[O-].[Na+]. The van der Waals surface area contributed by atoms with Crippen LogP contribution in [0.3, 0.4) is 0 Å². The summed E-state index contributed by atoms with van der Waals surface area (Å²) in [4.78, 5) is 46.3. The summed E-state index contributed by atoms with van der Waals surface area (Å²) in [6, 6.07) is 19.3. The zero-order valence-electron chi connectivity index (χ0n) is 25.7. The predicted octanol–water partition coefficient (Wildman–Crippen LogP) is -0.126. The van der Waals surface area contributed by atoms with Crippen molar-refractivity contribution in [3.63, 3.8) is 0 Å². The number of carbonyl (C=O) groups excluding carboxylic acids is 2. The fourth-order valence-corrected chi connectivity index (χ4v) is 5.38. The Labute approximate surface area is 304 Å². The quantitative estimate of drug-likeness (QED) is 0.106. The number of esters is 2. The topological polar surface area (TPSA) is 171 Å². The number of methoxy groups -OCH3 is 2. The molecule has 1 atom stereocenters. The number of hydrogen-bond acceptors (Lipinski definition) is 10. The van der Waals surface area contributed by atoms with Crippen LogP contribution >= 0.6 is 22.6 Å². The number of nitrogens with zero attached hydrogens (tertiary/aromatic N) is 2. The van der Waals surface area contributed by atoms with E-state index in [1.54, 1.807) is 47.3 Å². The van der Waals surface area contributed by atoms with Gasteiger partial charge >= 0.3 is 41.5 Å². The van der Waals surface area contributed by atoms with Crippen molar-refractivity contribution in [3.8, 4) is 0 Å². The molecule has 240 valence electrons. The molecule has 0 amide bonds. The summed E-state index contributed by atoms with van der Waals surface area (Å²) in [6.45, 7) is 0.586. The number of halogens is 1. The van der Waals surface area contributed by atoms with Gasteiger partial charge in [0.2, 0.25) is 0 Å². The average molecular weight is 793 g/mol. The van der Waals surface area contributed by atoms with E-state index in [0.29, 0.717) is 17.7 Å². The summed E-state index contributed by atoms with van der Waals surface area (Å²) in [6.07, 6.45) is 5.45. The minimum absolute atomic E-state index is 0. The maximum absolute atomic E-state index is 12.0. The maximum Gasteiger partial charge on any atom is 1.00 e. The number of hydrogen-bond donors (Lipinski definition) is 0. The van der Waals surface area contributed by atoms with Gasteiger partial charge in [0.15, 0.2) is 9.84 Å². The van der Waals surface area contributed by atoms with Crippen LogP contribution in [0.1, 0.15) is 31.8 Å². The zero-order valence-corrected chi connectivity index (χ0v) is 31.5. The van der Waals surface area contributed by atoms with E-state index < -0.39 is 26.9 Å². The van der Waals surface area contributed by atoms with Crippen LogP contribution in [0.15, 0.2) is 99.7 Å². The first-order valence-electron chi connectivity index (χ1n) is 12.8. The van der Waals surface area contributed by atoms with Gasteiger partial charge in [-0.1, -0.05) is 35.3 Å². The molecule has 2 heterocycles. The number of ether oxygens (including phenoxy) is 2. The van der Waals surface area contributed by atoms with Gasteiger partial charge in [-0.15, -0.1) is 0 Å². The van der Waals surface area contributed by atoms with Crippen LogP contribution in [-0.2, 0) is 43.5 Å². The van der Waals surface area contributed by atoms with E-state index in [0.717, 1.165) is 21.6 Å². The number of sulfone groups is 1. The largest absolute Gasteiger partial charge is 1.00 e. The van der Waals surface area contributed by atoms with E-state index in [2.05, 4.69) is 32.1 Å². The van der Waals surface area contributed by atoms with Gasteiger partial charge in [-0.2, -0.15) is 0 Å². The van der Waals surface area contributed by atoms with Crippen LogP contribution in [-0.4, -0.2) is 65.0 Å². The Balaban J connectivity index is 0.000000407. The van der Waals surface area contributed by atoms with Crippen molar-refractivity contribution in [2.45, 2.75) is 18.0 Å². The molecule has 4 rings (SSSR count). The van der Waals surface area contributed by atoms with Crippen molar-refractivity contribution in [2.24, 2.45) is 0 Å². The second-order valence-electron chi connectivity index (χ2n) is 9.12. The van der Waals surface area contributed by atoms with Gasteiger partial charge in [0.25, 0.3) is 11.1 Å². The van der Waals surface area contributed by atoms with Crippen LogP contribution in [0.4, 0.5) is 0 Å². The molecule has 0 aliphatic rings. The Morgan fingerprint density at radius 2 is 1.22 bits per heavy atom. The third-order valence-corrected chi connectivity index (χ3v) is 8.02. The van der Waals surface area contributed by atoms with E-state index in [1.165, 1.54) is 49.1 Å². The molecular formula is C30H30IN2NaO10S2. The van der Waals surface area contributed by atoms with E-state index in [-0.39, 0.29) is 63.6 Å². The normalized spacial score (nSPS) is 10.9. The molecule has 0 saturated heterocycles. The van der Waals surface area contributed by atoms with E-state index in [1.807, 2.05) is 12.1 Å². The standard InChI is InChI=1S/C15H15NO5S.C14H12INO3.CH4O2S.Na/c1-21-15(18)11-6-7-12(13(9-11)22(2,19)20)10-16-8-4-3-5-14(16)17;1-19-14(18)10-5-6-11(12(15)8-10)9-16-7-3-2-4-13(16)17;1-4(2)3;/h3-9H,10H2,1-2H3;2-8H,9H2,1H3;1H3,(H,2,3);/q;;;+1/p-1. The summed E-state index contributed by atoms with van der Waals surface area (Å²) in [5.41, 5.74) is 1.79. The van der Waals surface area contributed by atoms with Crippen LogP contribution in [0.2, 0.25) is 0 Å². The molecule has 0 saturated carbocycles. The number of benzene rings is 2. The van der Waals surface area contributed by atoms with E-state index in [4.69, 9.17) is 8.76 Å². The van der Waals surface area contributed by atoms with E-state index >= 15 is 0 Å². The first-order chi connectivity index (χ1) is 21.2. The average Bonchev–Trinajstić information content (AvgIpc) is 2.99. The number of carbonyl (C=O) groups is 2.